The first-order chi connectivity index (χ1) is 4.41. The van der Waals surface area contributed by atoms with Crippen molar-refractivity contribution in [3.8, 4) is 0 Å². The predicted octanol–water partition coefficient (Wildman–Crippen LogP) is 0.748. The van der Waals surface area contributed by atoms with Crippen molar-refractivity contribution in [1.82, 2.24) is 0 Å². The monoisotopic (exact) mass is 150 g/mol. The second-order valence-corrected chi connectivity index (χ2v) is 2.93. The van der Waals surface area contributed by atoms with Crippen LogP contribution in [0, 0.1) is 0 Å². The number of rotatable bonds is 6. The summed E-state index contributed by atoms with van der Waals surface area (Å²) >= 11 is 1.85. The summed E-state index contributed by atoms with van der Waals surface area (Å²) in [6, 6.07) is 0. The summed E-state index contributed by atoms with van der Waals surface area (Å²) < 4.78 is 5.01. The van der Waals surface area contributed by atoms with Crippen LogP contribution < -0.4 is 0 Å². The molecule has 0 amide bonds. The molecule has 9 heavy (non-hydrogen) atoms. The first kappa shape index (κ1) is 9.27. The van der Waals surface area contributed by atoms with Crippen LogP contribution in [0.4, 0.5) is 0 Å². The Labute approximate surface area is 60.6 Å². The van der Waals surface area contributed by atoms with Crippen LogP contribution in [0.25, 0.3) is 0 Å². The summed E-state index contributed by atoms with van der Waals surface area (Å²) in [5.74, 6) is 2.18. The Morgan fingerprint density at radius 3 is 2.78 bits per heavy atom. The molecule has 0 aromatic rings. The highest BCUT2D eigenvalue weighted by Crippen LogP contribution is 1.96. The Morgan fingerprint density at radius 1 is 1.44 bits per heavy atom. The molecule has 0 aromatic heterocycles. The standard InChI is InChI=1S/C6H14O2S/c1-2-9-6-5-8-4-3-7/h7H,2-6H2,1H3. The van der Waals surface area contributed by atoms with Gasteiger partial charge in [-0.3, -0.25) is 0 Å². The number of hydrogen-bond acceptors (Lipinski definition) is 3. The number of thioether (sulfide) groups is 1. The minimum Gasteiger partial charge on any atom is -0.394 e. The third kappa shape index (κ3) is 8.27. The zero-order chi connectivity index (χ0) is 6.95. The molecular weight excluding hydrogens is 136 g/mol. The molecule has 0 saturated carbocycles. The largest absolute Gasteiger partial charge is 0.394 e. The van der Waals surface area contributed by atoms with Gasteiger partial charge in [0.15, 0.2) is 0 Å². The number of aliphatic hydroxyl groups excluding tert-OH is 1. The summed E-state index contributed by atoms with van der Waals surface area (Å²) in [4.78, 5) is 0. The molecule has 0 aromatic carbocycles. The van der Waals surface area contributed by atoms with Crippen molar-refractivity contribution in [3.63, 3.8) is 0 Å². The third-order valence-corrected chi connectivity index (χ3v) is 1.68. The maximum absolute atomic E-state index is 8.29. The number of aliphatic hydroxyl groups is 1. The zero-order valence-electron chi connectivity index (χ0n) is 5.80. The van der Waals surface area contributed by atoms with E-state index in [1.807, 2.05) is 11.8 Å². The van der Waals surface area contributed by atoms with E-state index in [-0.39, 0.29) is 6.61 Å². The smallest absolute Gasteiger partial charge is 0.0698 e. The molecule has 0 atom stereocenters. The van der Waals surface area contributed by atoms with Gasteiger partial charge >= 0.3 is 0 Å². The molecule has 0 aliphatic heterocycles. The third-order valence-electron chi connectivity index (χ3n) is 0.812. The quantitative estimate of drug-likeness (QED) is 0.566. The number of hydrogen-bond donors (Lipinski definition) is 1. The van der Waals surface area contributed by atoms with Gasteiger partial charge in [0, 0.05) is 5.75 Å². The second kappa shape index (κ2) is 8.27. The van der Waals surface area contributed by atoms with Crippen LogP contribution in [0.3, 0.4) is 0 Å². The van der Waals surface area contributed by atoms with Crippen molar-refractivity contribution in [2.24, 2.45) is 0 Å². The van der Waals surface area contributed by atoms with Gasteiger partial charge in [-0.15, -0.1) is 0 Å². The van der Waals surface area contributed by atoms with Crippen molar-refractivity contribution in [2.75, 3.05) is 31.3 Å². The van der Waals surface area contributed by atoms with E-state index in [1.165, 1.54) is 0 Å². The highest BCUT2D eigenvalue weighted by atomic mass is 32.2. The van der Waals surface area contributed by atoms with Gasteiger partial charge in [0.05, 0.1) is 19.8 Å². The molecule has 0 rings (SSSR count). The first-order valence-corrected chi connectivity index (χ1v) is 4.33. The fourth-order valence-corrected chi connectivity index (χ4v) is 0.953. The van der Waals surface area contributed by atoms with Crippen LogP contribution in [0.15, 0.2) is 0 Å². The molecule has 0 unspecified atom stereocenters. The van der Waals surface area contributed by atoms with Crippen LogP contribution in [0.2, 0.25) is 0 Å². The van der Waals surface area contributed by atoms with Crippen LogP contribution in [0.5, 0.6) is 0 Å². The van der Waals surface area contributed by atoms with Crippen molar-refractivity contribution < 1.29 is 9.84 Å². The fraction of sp³-hybridized carbons (Fsp3) is 1.00. The molecule has 0 aliphatic rings. The lowest BCUT2D eigenvalue weighted by molar-refractivity contribution is 0.103. The van der Waals surface area contributed by atoms with Crippen LogP contribution in [0.1, 0.15) is 6.92 Å². The van der Waals surface area contributed by atoms with Crippen molar-refractivity contribution >= 4 is 11.8 Å². The van der Waals surface area contributed by atoms with Gasteiger partial charge in [-0.2, -0.15) is 11.8 Å². The summed E-state index contributed by atoms with van der Waals surface area (Å²) in [6.45, 7) is 3.50. The molecule has 56 valence electrons. The molecule has 1 N–H and O–H groups in total. The molecule has 0 fully saturated rings. The van der Waals surface area contributed by atoms with E-state index in [2.05, 4.69) is 6.92 Å². The molecule has 0 bridgehead atoms. The summed E-state index contributed by atoms with van der Waals surface area (Å²) in [5.41, 5.74) is 0. The number of ether oxygens (including phenoxy) is 1. The Kier molecular flexibility index (Phi) is 8.52. The predicted molar refractivity (Wildman–Crippen MR) is 40.9 cm³/mol. The van der Waals surface area contributed by atoms with Crippen molar-refractivity contribution in [3.05, 3.63) is 0 Å². The Bertz CT molecular complexity index is 44.3. The van der Waals surface area contributed by atoms with Gasteiger partial charge in [-0.25, -0.2) is 0 Å². The molecule has 0 heterocycles. The molecule has 3 heteroatoms. The van der Waals surface area contributed by atoms with Gasteiger partial charge in [0.1, 0.15) is 0 Å². The normalized spacial score (nSPS) is 10.0. The highest BCUT2D eigenvalue weighted by Gasteiger charge is 1.85. The zero-order valence-corrected chi connectivity index (χ0v) is 6.62. The van der Waals surface area contributed by atoms with E-state index >= 15 is 0 Å². The lowest BCUT2D eigenvalue weighted by atomic mass is 10.7. The van der Waals surface area contributed by atoms with Crippen LogP contribution in [-0.4, -0.2) is 36.4 Å². The van der Waals surface area contributed by atoms with E-state index in [4.69, 9.17) is 9.84 Å². The average molecular weight is 150 g/mol. The molecule has 0 aliphatic carbocycles. The molecule has 0 saturated heterocycles. The van der Waals surface area contributed by atoms with Gasteiger partial charge in [-0.05, 0) is 5.75 Å². The van der Waals surface area contributed by atoms with Crippen LogP contribution >= 0.6 is 11.8 Å². The maximum atomic E-state index is 8.29. The second-order valence-electron chi connectivity index (χ2n) is 1.53. The van der Waals surface area contributed by atoms with Crippen molar-refractivity contribution in [2.45, 2.75) is 6.92 Å². The highest BCUT2D eigenvalue weighted by molar-refractivity contribution is 7.99. The van der Waals surface area contributed by atoms with Gasteiger partial charge < -0.3 is 9.84 Å². The Morgan fingerprint density at radius 2 is 2.22 bits per heavy atom. The van der Waals surface area contributed by atoms with E-state index in [1.54, 1.807) is 0 Å². The lowest BCUT2D eigenvalue weighted by Crippen LogP contribution is -2.02. The molecule has 0 radical (unpaired) electrons. The molecular formula is C6H14O2S. The van der Waals surface area contributed by atoms with E-state index in [0.29, 0.717) is 6.61 Å². The van der Waals surface area contributed by atoms with Gasteiger partial charge in [-0.1, -0.05) is 6.92 Å². The summed E-state index contributed by atoms with van der Waals surface area (Å²) in [6.07, 6.45) is 0. The fourth-order valence-electron chi connectivity index (χ4n) is 0.429. The van der Waals surface area contributed by atoms with E-state index in [9.17, 15) is 0 Å². The van der Waals surface area contributed by atoms with Gasteiger partial charge in [0.2, 0.25) is 0 Å². The van der Waals surface area contributed by atoms with Crippen LogP contribution in [-0.2, 0) is 4.74 Å². The lowest BCUT2D eigenvalue weighted by Gasteiger charge is -1.98. The maximum Gasteiger partial charge on any atom is 0.0698 e. The SMILES string of the molecule is CCSCCOCCO. The molecule has 0 spiro atoms. The topological polar surface area (TPSA) is 29.5 Å². The van der Waals surface area contributed by atoms with E-state index in [0.717, 1.165) is 18.1 Å². The Hall–Kier alpha value is 0.270. The average Bonchev–Trinajstić information content (AvgIpc) is 1.89. The van der Waals surface area contributed by atoms with Gasteiger partial charge in [0.25, 0.3) is 0 Å². The van der Waals surface area contributed by atoms with E-state index < -0.39 is 0 Å². The minimum atomic E-state index is 0.136. The molecule has 2 nitrogen and oxygen atoms in total. The summed E-state index contributed by atoms with van der Waals surface area (Å²) in [7, 11) is 0. The first-order valence-electron chi connectivity index (χ1n) is 3.18. The Balaban J connectivity index is 2.60. The van der Waals surface area contributed by atoms with Crippen molar-refractivity contribution in [1.29, 1.82) is 0 Å². The summed E-state index contributed by atoms with van der Waals surface area (Å²) in [5, 5.41) is 8.29. The minimum absolute atomic E-state index is 0.136.